The molecule has 1 aromatic carbocycles. The van der Waals surface area contributed by atoms with E-state index in [2.05, 4.69) is 4.74 Å². The second kappa shape index (κ2) is 6.16. The molecule has 1 aromatic rings. The quantitative estimate of drug-likeness (QED) is 0.728. The Morgan fingerprint density at radius 2 is 2.07 bits per heavy atom. The van der Waals surface area contributed by atoms with E-state index in [4.69, 9.17) is 4.74 Å². The second-order valence-corrected chi connectivity index (χ2v) is 3.06. The smallest absolute Gasteiger partial charge is 0.337 e. The molecule has 0 spiro atoms. The lowest BCUT2D eigenvalue weighted by molar-refractivity contribution is -0.157. The third-order valence-electron chi connectivity index (χ3n) is 1.82. The Kier molecular flexibility index (Phi) is 4.80. The van der Waals surface area contributed by atoms with Crippen molar-refractivity contribution in [1.82, 2.24) is 0 Å². The van der Waals surface area contributed by atoms with Crippen LogP contribution in [0.1, 0.15) is 5.56 Å². The Morgan fingerprint density at radius 1 is 1.40 bits per heavy atom. The fraction of sp³-hybridized carbons (Fsp3) is 0.364. The summed E-state index contributed by atoms with van der Waals surface area (Å²) in [6, 6.07) is 9.28. The Bertz CT molecular complexity index is 297. The molecule has 0 aliphatic heterocycles. The summed E-state index contributed by atoms with van der Waals surface area (Å²) in [5, 5.41) is 9.20. The monoisotopic (exact) mass is 210 g/mol. The first kappa shape index (κ1) is 11.7. The predicted molar refractivity (Wildman–Crippen MR) is 54.1 cm³/mol. The maximum atomic E-state index is 11.2. The van der Waals surface area contributed by atoms with Crippen LogP contribution >= 0.6 is 0 Å². The van der Waals surface area contributed by atoms with Gasteiger partial charge in [-0.05, 0) is 5.56 Å². The number of ether oxygens (including phenoxy) is 2. The topological polar surface area (TPSA) is 55.8 Å². The van der Waals surface area contributed by atoms with Crippen molar-refractivity contribution in [3.63, 3.8) is 0 Å². The van der Waals surface area contributed by atoms with E-state index in [9.17, 15) is 9.90 Å². The summed E-state index contributed by atoms with van der Waals surface area (Å²) in [6.07, 6.45) is -1.21. The van der Waals surface area contributed by atoms with Crippen LogP contribution in [0, 0.1) is 0 Å². The average Bonchev–Trinajstić information content (AvgIpc) is 2.27. The first-order valence-electron chi connectivity index (χ1n) is 4.61. The lowest BCUT2D eigenvalue weighted by Crippen LogP contribution is -2.27. The van der Waals surface area contributed by atoms with E-state index in [1.54, 1.807) is 0 Å². The third-order valence-corrected chi connectivity index (χ3v) is 1.82. The standard InChI is InChI=1S/C11H14O4/c1-14-8-10(12)11(13)15-7-9-5-3-2-4-6-9/h2-6,10,12H,7-8H2,1H3/t10-/m1/s1. The van der Waals surface area contributed by atoms with Crippen LogP contribution in [0.4, 0.5) is 0 Å². The van der Waals surface area contributed by atoms with Gasteiger partial charge in [-0.25, -0.2) is 4.79 Å². The summed E-state index contributed by atoms with van der Waals surface area (Å²) in [7, 11) is 1.41. The van der Waals surface area contributed by atoms with E-state index in [1.165, 1.54) is 7.11 Å². The molecule has 0 bridgehead atoms. The lowest BCUT2D eigenvalue weighted by Gasteiger charge is -2.09. The third kappa shape index (κ3) is 4.10. The molecule has 0 aromatic heterocycles. The van der Waals surface area contributed by atoms with Crippen LogP contribution < -0.4 is 0 Å². The van der Waals surface area contributed by atoms with Gasteiger partial charge in [-0.2, -0.15) is 0 Å². The average molecular weight is 210 g/mol. The van der Waals surface area contributed by atoms with Gasteiger partial charge in [0.25, 0.3) is 0 Å². The van der Waals surface area contributed by atoms with Crippen molar-refractivity contribution in [3.05, 3.63) is 35.9 Å². The van der Waals surface area contributed by atoms with Crippen molar-refractivity contribution in [1.29, 1.82) is 0 Å². The number of benzene rings is 1. The van der Waals surface area contributed by atoms with E-state index in [0.29, 0.717) is 0 Å². The van der Waals surface area contributed by atoms with E-state index < -0.39 is 12.1 Å². The van der Waals surface area contributed by atoms with E-state index in [-0.39, 0.29) is 13.2 Å². The highest BCUT2D eigenvalue weighted by molar-refractivity contribution is 5.74. The van der Waals surface area contributed by atoms with Gasteiger partial charge in [0.1, 0.15) is 6.61 Å². The highest BCUT2D eigenvalue weighted by Crippen LogP contribution is 2.01. The Hall–Kier alpha value is -1.39. The van der Waals surface area contributed by atoms with Crippen molar-refractivity contribution < 1.29 is 19.4 Å². The minimum atomic E-state index is -1.21. The number of esters is 1. The Morgan fingerprint density at radius 3 is 2.67 bits per heavy atom. The molecule has 15 heavy (non-hydrogen) atoms. The number of aliphatic hydroxyl groups is 1. The summed E-state index contributed by atoms with van der Waals surface area (Å²) < 4.78 is 9.50. The van der Waals surface area contributed by atoms with Crippen LogP contribution in [0.15, 0.2) is 30.3 Å². The molecule has 0 amide bonds. The summed E-state index contributed by atoms with van der Waals surface area (Å²) in [6.45, 7) is 0.119. The number of carbonyl (C=O) groups is 1. The van der Waals surface area contributed by atoms with Gasteiger partial charge in [-0.15, -0.1) is 0 Å². The number of methoxy groups -OCH3 is 1. The van der Waals surface area contributed by atoms with Crippen LogP contribution in [0.3, 0.4) is 0 Å². The Balaban J connectivity index is 2.34. The van der Waals surface area contributed by atoms with Crippen molar-refractivity contribution in [3.8, 4) is 0 Å². The highest BCUT2D eigenvalue weighted by Gasteiger charge is 2.15. The summed E-state index contributed by atoms with van der Waals surface area (Å²) >= 11 is 0. The highest BCUT2D eigenvalue weighted by atomic mass is 16.6. The maximum Gasteiger partial charge on any atom is 0.337 e. The minimum Gasteiger partial charge on any atom is -0.459 e. The molecule has 1 N–H and O–H groups in total. The summed E-state index contributed by atoms with van der Waals surface area (Å²) in [4.78, 5) is 11.2. The Labute approximate surface area is 88.4 Å². The maximum absolute atomic E-state index is 11.2. The normalized spacial score (nSPS) is 12.1. The fourth-order valence-electron chi connectivity index (χ4n) is 1.05. The molecule has 4 nitrogen and oxygen atoms in total. The van der Waals surface area contributed by atoms with Crippen LogP contribution in [0.2, 0.25) is 0 Å². The van der Waals surface area contributed by atoms with Gasteiger partial charge in [-0.3, -0.25) is 0 Å². The van der Waals surface area contributed by atoms with Crippen LogP contribution in [0.25, 0.3) is 0 Å². The molecule has 1 atom stereocenters. The molecule has 0 heterocycles. The zero-order valence-corrected chi connectivity index (χ0v) is 8.55. The number of rotatable bonds is 5. The van der Waals surface area contributed by atoms with Crippen LogP contribution in [-0.4, -0.2) is 30.9 Å². The largest absolute Gasteiger partial charge is 0.459 e. The summed E-state index contributed by atoms with van der Waals surface area (Å²) in [5.74, 6) is -0.666. The SMILES string of the molecule is COC[C@@H](O)C(=O)OCc1ccccc1. The van der Waals surface area contributed by atoms with Crippen molar-refractivity contribution in [2.45, 2.75) is 12.7 Å². The van der Waals surface area contributed by atoms with Gasteiger partial charge >= 0.3 is 5.97 Å². The zero-order chi connectivity index (χ0) is 11.1. The van der Waals surface area contributed by atoms with Crippen molar-refractivity contribution in [2.24, 2.45) is 0 Å². The van der Waals surface area contributed by atoms with E-state index in [0.717, 1.165) is 5.56 Å². The van der Waals surface area contributed by atoms with E-state index in [1.807, 2.05) is 30.3 Å². The van der Waals surface area contributed by atoms with Gasteiger partial charge in [0.15, 0.2) is 6.10 Å². The molecule has 0 unspecified atom stereocenters. The van der Waals surface area contributed by atoms with Gasteiger partial charge in [-0.1, -0.05) is 30.3 Å². The molecule has 82 valence electrons. The lowest BCUT2D eigenvalue weighted by atomic mass is 10.2. The number of hydrogen-bond acceptors (Lipinski definition) is 4. The van der Waals surface area contributed by atoms with Crippen molar-refractivity contribution in [2.75, 3.05) is 13.7 Å². The van der Waals surface area contributed by atoms with Gasteiger partial charge in [0, 0.05) is 7.11 Å². The zero-order valence-electron chi connectivity index (χ0n) is 8.55. The molecule has 0 aliphatic carbocycles. The van der Waals surface area contributed by atoms with Crippen molar-refractivity contribution >= 4 is 5.97 Å². The number of aliphatic hydroxyl groups excluding tert-OH is 1. The first-order chi connectivity index (χ1) is 7.24. The molecular formula is C11H14O4. The summed E-state index contributed by atoms with van der Waals surface area (Å²) in [5.41, 5.74) is 0.885. The number of hydrogen-bond donors (Lipinski definition) is 1. The number of carbonyl (C=O) groups excluding carboxylic acids is 1. The second-order valence-electron chi connectivity index (χ2n) is 3.06. The molecule has 0 saturated carbocycles. The first-order valence-corrected chi connectivity index (χ1v) is 4.61. The van der Waals surface area contributed by atoms with E-state index >= 15 is 0 Å². The van der Waals surface area contributed by atoms with Gasteiger partial charge in [0.2, 0.25) is 0 Å². The fourth-order valence-corrected chi connectivity index (χ4v) is 1.05. The minimum absolute atomic E-state index is 0.0480. The molecule has 0 fully saturated rings. The molecule has 0 aliphatic rings. The van der Waals surface area contributed by atoms with Crippen LogP contribution in [0.5, 0.6) is 0 Å². The molecule has 4 heteroatoms. The van der Waals surface area contributed by atoms with Gasteiger partial charge < -0.3 is 14.6 Å². The molecule has 0 saturated heterocycles. The van der Waals surface area contributed by atoms with Crippen LogP contribution in [-0.2, 0) is 20.9 Å². The molecule has 0 radical (unpaired) electrons. The molecular weight excluding hydrogens is 196 g/mol. The molecule has 1 rings (SSSR count). The van der Waals surface area contributed by atoms with Gasteiger partial charge in [0.05, 0.1) is 6.61 Å². The predicted octanol–water partition coefficient (Wildman–Crippen LogP) is 0.737.